The van der Waals surface area contributed by atoms with Crippen molar-refractivity contribution in [2.45, 2.75) is 0 Å². The fourth-order valence-electron chi connectivity index (χ4n) is 3.35. The Balaban J connectivity index is 1.41. The Morgan fingerprint density at radius 3 is 2.26 bits per heavy atom. The SMILES string of the molecule is O=C(/C=C/c1ccccc1)Nc1ccccc1C(=O)N/N=C\c1ccccc1OC(=O)c1ccc(Br)cc1. The number of esters is 1. The number of hydrogen-bond donors (Lipinski definition) is 2. The Kier molecular flexibility index (Phi) is 8.93. The molecule has 0 atom stereocenters. The van der Waals surface area contributed by atoms with E-state index in [2.05, 4.69) is 31.8 Å². The van der Waals surface area contributed by atoms with E-state index in [9.17, 15) is 14.4 Å². The summed E-state index contributed by atoms with van der Waals surface area (Å²) in [6, 6.07) is 29.6. The second kappa shape index (κ2) is 12.9. The molecule has 8 heteroatoms. The predicted octanol–water partition coefficient (Wildman–Crippen LogP) is 6.08. The zero-order valence-corrected chi connectivity index (χ0v) is 21.6. The number of ether oxygens (including phenoxy) is 1. The molecule has 0 aromatic heterocycles. The van der Waals surface area contributed by atoms with Crippen LogP contribution in [0.1, 0.15) is 31.8 Å². The topological polar surface area (TPSA) is 96.9 Å². The van der Waals surface area contributed by atoms with Crippen LogP contribution >= 0.6 is 15.9 Å². The highest BCUT2D eigenvalue weighted by Crippen LogP contribution is 2.19. The zero-order chi connectivity index (χ0) is 26.7. The molecule has 0 unspecified atom stereocenters. The number of nitrogens with one attached hydrogen (secondary N) is 2. The first-order chi connectivity index (χ1) is 18.5. The van der Waals surface area contributed by atoms with Crippen molar-refractivity contribution >= 4 is 51.7 Å². The molecule has 2 amide bonds. The quantitative estimate of drug-likeness (QED) is 0.0885. The molecule has 0 heterocycles. The molecular weight excluding hydrogens is 546 g/mol. The van der Waals surface area contributed by atoms with E-state index >= 15 is 0 Å². The number of halogens is 1. The lowest BCUT2D eigenvalue weighted by atomic mass is 10.1. The maximum Gasteiger partial charge on any atom is 0.343 e. The molecule has 0 radical (unpaired) electrons. The van der Waals surface area contributed by atoms with Crippen molar-refractivity contribution in [1.82, 2.24) is 5.43 Å². The van der Waals surface area contributed by atoms with E-state index in [0.29, 0.717) is 16.8 Å². The summed E-state index contributed by atoms with van der Waals surface area (Å²) in [5.41, 5.74) is 4.80. The number of benzene rings is 4. The maximum atomic E-state index is 12.8. The molecule has 0 aliphatic heterocycles. The molecule has 0 aliphatic rings. The average molecular weight is 568 g/mol. The van der Waals surface area contributed by atoms with E-state index in [0.717, 1.165) is 10.0 Å². The van der Waals surface area contributed by atoms with Crippen LogP contribution < -0.4 is 15.5 Å². The summed E-state index contributed by atoms with van der Waals surface area (Å²) >= 11 is 3.33. The molecule has 188 valence electrons. The lowest BCUT2D eigenvalue weighted by Gasteiger charge is -2.09. The van der Waals surface area contributed by atoms with Crippen LogP contribution in [0.15, 0.2) is 119 Å². The molecule has 0 bridgehead atoms. The summed E-state index contributed by atoms with van der Waals surface area (Å²) in [4.78, 5) is 37.7. The summed E-state index contributed by atoms with van der Waals surface area (Å²) < 4.78 is 6.37. The third kappa shape index (κ3) is 7.35. The van der Waals surface area contributed by atoms with E-state index in [4.69, 9.17) is 4.74 Å². The molecule has 0 fully saturated rings. The Labute approximate surface area is 228 Å². The first kappa shape index (κ1) is 26.2. The first-order valence-electron chi connectivity index (χ1n) is 11.5. The summed E-state index contributed by atoms with van der Waals surface area (Å²) in [6.45, 7) is 0. The minimum absolute atomic E-state index is 0.237. The minimum Gasteiger partial charge on any atom is -0.422 e. The molecule has 2 N–H and O–H groups in total. The van der Waals surface area contributed by atoms with Crippen LogP contribution in [0.3, 0.4) is 0 Å². The van der Waals surface area contributed by atoms with Crippen molar-refractivity contribution < 1.29 is 19.1 Å². The van der Waals surface area contributed by atoms with Crippen LogP contribution in [0, 0.1) is 0 Å². The lowest BCUT2D eigenvalue weighted by Crippen LogP contribution is -2.20. The van der Waals surface area contributed by atoms with Crippen LogP contribution in [-0.2, 0) is 4.79 Å². The van der Waals surface area contributed by atoms with Gasteiger partial charge in [-0.25, -0.2) is 10.2 Å². The van der Waals surface area contributed by atoms with Gasteiger partial charge in [-0.05, 0) is 60.2 Å². The number of hydrazone groups is 1. The van der Waals surface area contributed by atoms with E-state index in [1.54, 1.807) is 78.9 Å². The van der Waals surface area contributed by atoms with Gasteiger partial charge >= 0.3 is 5.97 Å². The normalized spacial score (nSPS) is 10.9. The number of carbonyl (C=O) groups excluding carboxylic acids is 3. The molecule has 4 aromatic rings. The summed E-state index contributed by atoms with van der Waals surface area (Å²) in [5.74, 6) is -1.13. The number of para-hydroxylation sites is 2. The molecule has 38 heavy (non-hydrogen) atoms. The highest BCUT2D eigenvalue weighted by atomic mass is 79.9. The molecule has 0 saturated heterocycles. The zero-order valence-electron chi connectivity index (χ0n) is 20.0. The van der Waals surface area contributed by atoms with Gasteiger partial charge in [-0.1, -0.05) is 70.5 Å². The fourth-order valence-corrected chi connectivity index (χ4v) is 3.61. The Hall–Kier alpha value is -4.82. The Morgan fingerprint density at radius 2 is 1.47 bits per heavy atom. The highest BCUT2D eigenvalue weighted by Gasteiger charge is 2.13. The van der Waals surface area contributed by atoms with Crippen molar-refractivity contribution in [3.63, 3.8) is 0 Å². The van der Waals surface area contributed by atoms with Crippen LogP contribution in [0.4, 0.5) is 5.69 Å². The monoisotopic (exact) mass is 567 g/mol. The van der Waals surface area contributed by atoms with Gasteiger partial charge in [0.2, 0.25) is 5.91 Å². The molecule has 0 aliphatic carbocycles. The van der Waals surface area contributed by atoms with E-state index in [1.807, 2.05) is 30.3 Å². The summed E-state index contributed by atoms with van der Waals surface area (Å²) in [6.07, 6.45) is 4.46. The summed E-state index contributed by atoms with van der Waals surface area (Å²) in [5, 5.41) is 6.74. The summed E-state index contributed by atoms with van der Waals surface area (Å²) in [7, 11) is 0. The van der Waals surface area contributed by atoms with Gasteiger partial charge in [-0.15, -0.1) is 0 Å². The number of hydrogen-bond acceptors (Lipinski definition) is 5. The van der Waals surface area contributed by atoms with Crippen molar-refractivity contribution in [1.29, 1.82) is 0 Å². The van der Waals surface area contributed by atoms with Gasteiger partial charge in [0.25, 0.3) is 5.91 Å². The number of rotatable bonds is 8. The molecule has 4 aromatic carbocycles. The Morgan fingerprint density at radius 1 is 0.789 bits per heavy atom. The van der Waals surface area contributed by atoms with Gasteiger partial charge < -0.3 is 10.1 Å². The van der Waals surface area contributed by atoms with Crippen LogP contribution in [0.2, 0.25) is 0 Å². The standard InChI is InChI=1S/C30H22BrN3O4/c31-24-17-15-22(16-18-24)30(37)38-27-13-7-4-10-23(27)20-32-34-29(36)25-11-5-6-12-26(25)33-28(35)19-14-21-8-2-1-3-9-21/h1-20H,(H,33,35)(H,34,36)/b19-14+,32-20-. The molecular formula is C30H22BrN3O4. The minimum atomic E-state index is -0.520. The molecule has 7 nitrogen and oxygen atoms in total. The van der Waals surface area contributed by atoms with Crippen molar-refractivity contribution in [3.8, 4) is 5.75 Å². The second-order valence-corrected chi connectivity index (χ2v) is 8.83. The smallest absolute Gasteiger partial charge is 0.343 e. The van der Waals surface area contributed by atoms with Gasteiger partial charge in [-0.3, -0.25) is 9.59 Å². The molecule has 0 spiro atoms. The van der Waals surface area contributed by atoms with Gasteiger partial charge in [0.15, 0.2) is 0 Å². The van der Waals surface area contributed by atoms with Crippen LogP contribution in [-0.4, -0.2) is 24.0 Å². The molecule has 4 rings (SSSR count). The maximum absolute atomic E-state index is 12.8. The fraction of sp³-hybridized carbons (Fsp3) is 0. The van der Waals surface area contributed by atoms with Gasteiger partial charge in [-0.2, -0.15) is 5.10 Å². The number of nitrogens with zero attached hydrogens (tertiary/aromatic N) is 1. The Bertz CT molecular complexity index is 1500. The van der Waals surface area contributed by atoms with E-state index in [-0.39, 0.29) is 17.2 Å². The van der Waals surface area contributed by atoms with E-state index in [1.165, 1.54) is 12.3 Å². The van der Waals surface area contributed by atoms with Gasteiger partial charge in [0.05, 0.1) is 23.0 Å². The van der Waals surface area contributed by atoms with Crippen LogP contribution in [0.25, 0.3) is 6.08 Å². The average Bonchev–Trinajstić information content (AvgIpc) is 2.94. The van der Waals surface area contributed by atoms with E-state index < -0.39 is 11.9 Å². The van der Waals surface area contributed by atoms with Crippen molar-refractivity contribution in [3.05, 3.63) is 136 Å². The van der Waals surface area contributed by atoms with Gasteiger partial charge in [0, 0.05) is 16.1 Å². The molecule has 0 saturated carbocycles. The largest absolute Gasteiger partial charge is 0.422 e. The van der Waals surface area contributed by atoms with Gasteiger partial charge in [0.1, 0.15) is 5.75 Å². The van der Waals surface area contributed by atoms with Crippen molar-refractivity contribution in [2.24, 2.45) is 5.10 Å². The van der Waals surface area contributed by atoms with Crippen LogP contribution in [0.5, 0.6) is 5.75 Å². The third-order valence-corrected chi connectivity index (χ3v) is 5.76. The third-order valence-electron chi connectivity index (χ3n) is 5.23. The first-order valence-corrected chi connectivity index (χ1v) is 12.3. The number of anilines is 1. The van der Waals surface area contributed by atoms with Crippen molar-refractivity contribution in [2.75, 3.05) is 5.32 Å². The number of amides is 2. The highest BCUT2D eigenvalue weighted by molar-refractivity contribution is 9.10. The lowest BCUT2D eigenvalue weighted by molar-refractivity contribution is -0.111. The number of carbonyl (C=O) groups is 3. The predicted molar refractivity (Wildman–Crippen MR) is 151 cm³/mol. The second-order valence-electron chi connectivity index (χ2n) is 7.91.